The Bertz CT molecular complexity index is 1050. The van der Waals surface area contributed by atoms with Gasteiger partial charge in [-0.3, -0.25) is 4.79 Å². The summed E-state index contributed by atoms with van der Waals surface area (Å²) in [4.78, 5) is 19.0. The van der Waals surface area contributed by atoms with Gasteiger partial charge in [-0.05, 0) is 31.0 Å². The summed E-state index contributed by atoms with van der Waals surface area (Å²) < 4.78 is 24.3. The van der Waals surface area contributed by atoms with E-state index < -0.39 is 9.84 Å². The summed E-state index contributed by atoms with van der Waals surface area (Å²) in [5, 5.41) is 0.520. The van der Waals surface area contributed by atoms with Crippen LogP contribution in [0.2, 0.25) is 0 Å². The third kappa shape index (κ3) is 3.86. The zero-order valence-corrected chi connectivity index (χ0v) is 17.5. The van der Waals surface area contributed by atoms with Gasteiger partial charge in [0.2, 0.25) is 0 Å². The average Bonchev–Trinajstić information content (AvgIpc) is 3.08. The van der Waals surface area contributed by atoms with Crippen LogP contribution in [0.15, 0.2) is 53.5 Å². The molecule has 4 rings (SSSR count). The first kappa shape index (κ1) is 19.2. The summed E-state index contributed by atoms with van der Waals surface area (Å²) in [6.45, 7) is 4.00. The van der Waals surface area contributed by atoms with Crippen LogP contribution in [0.4, 0.5) is 5.69 Å². The summed E-state index contributed by atoms with van der Waals surface area (Å²) in [5.74, 6) is 0.0211. The molecule has 0 spiro atoms. The number of sulfone groups is 1. The number of hydrogen-bond acceptors (Lipinski definition) is 4. The minimum absolute atomic E-state index is 0.0875. The molecule has 2 aromatic carbocycles. The molecule has 28 heavy (non-hydrogen) atoms. The normalized spacial score (nSPS) is 24.5. The zero-order valence-electron chi connectivity index (χ0n) is 15.8. The highest BCUT2D eigenvalue weighted by Crippen LogP contribution is 2.41. The van der Waals surface area contributed by atoms with Crippen LogP contribution in [-0.4, -0.2) is 42.3 Å². The van der Waals surface area contributed by atoms with Gasteiger partial charge in [0.15, 0.2) is 15.0 Å². The Balaban J connectivity index is 1.65. The van der Waals surface area contributed by atoms with Crippen molar-refractivity contribution in [3.63, 3.8) is 0 Å². The number of aryl methyl sites for hydroxylation is 2. The number of fused-ring (bicyclic) bond motifs is 1. The number of nitrogens with zero attached hydrogens (tertiary/aromatic N) is 2. The zero-order chi connectivity index (χ0) is 19.9. The van der Waals surface area contributed by atoms with Crippen LogP contribution in [0.25, 0.3) is 0 Å². The van der Waals surface area contributed by atoms with E-state index in [1.165, 1.54) is 11.8 Å². The molecule has 0 aliphatic carbocycles. The highest BCUT2D eigenvalue weighted by atomic mass is 32.2. The summed E-state index contributed by atoms with van der Waals surface area (Å²) >= 11 is 1.41. The molecule has 146 valence electrons. The monoisotopic (exact) mass is 414 g/mol. The first-order valence-electron chi connectivity index (χ1n) is 9.21. The minimum Gasteiger partial charge on any atom is -0.315 e. The van der Waals surface area contributed by atoms with Crippen molar-refractivity contribution in [3.8, 4) is 0 Å². The van der Waals surface area contributed by atoms with Crippen LogP contribution in [0.5, 0.6) is 0 Å². The number of carbonyl (C=O) groups is 1. The van der Waals surface area contributed by atoms with Gasteiger partial charge >= 0.3 is 0 Å². The molecule has 0 radical (unpaired) electrons. The maximum absolute atomic E-state index is 12.6. The summed E-state index contributed by atoms with van der Waals surface area (Å²) in [6.07, 6.45) is 0.236. The number of thioether (sulfide) groups is 1. The summed E-state index contributed by atoms with van der Waals surface area (Å²) in [7, 11) is -3.07. The number of benzene rings is 2. The molecule has 0 bridgehead atoms. The number of anilines is 1. The topological polar surface area (TPSA) is 66.8 Å². The van der Waals surface area contributed by atoms with Crippen molar-refractivity contribution in [2.24, 2.45) is 4.99 Å². The lowest BCUT2D eigenvalue weighted by atomic mass is 10.1. The van der Waals surface area contributed by atoms with Gasteiger partial charge in [0.1, 0.15) is 0 Å². The van der Waals surface area contributed by atoms with E-state index in [0.29, 0.717) is 5.17 Å². The molecule has 2 aliphatic rings. The highest BCUT2D eigenvalue weighted by Gasteiger charge is 2.49. The predicted octanol–water partition coefficient (Wildman–Crippen LogP) is 3.15. The first-order chi connectivity index (χ1) is 13.3. The van der Waals surface area contributed by atoms with Crippen molar-refractivity contribution in [2.75, 3.05) is 16.4 Å². The average molecular weight is 415 g/mol. The lowest BCUT2D eigenvalue weighted by molar-refractivity contribution is -0.117. The molecule has 2 aromatic rings. The van der Waals surface area contributed by atoms with E-state index in [1.807, 2.05) is 67.3 Å². The van der Waals surface area contributed by atoms with Gasteiger partial charge in [0.05, 0.1) is 24.0 Å². The summed E-state index contributed by atoms with van der Waals surface area (Å²) in [5.41, 5.74) is 4.02. The smallest absolute Gasteiger partial charge is 0.252 e. The second-order valence-corrected chi connectivity index (χ2v) is 10.8. The summed E-state index contributed by atoms with van der Waals surface area (Å²) in [6, 6.07) is 15.5. The van der Waals surface area contributed by atoms with Crippen molar-refractivity contribution in [2.45, 2.75) is 31.6 Å². The number of hydrogen-bond donors (Lipinski definition) is 0. The van der Waals surface area contributed by atoms with Crippen LogP contribution in [0.1, 0.15) is 16.7 Å². The Hall–Kier alpha value is -2.12. The van der Waals surface area contributed by atoms with Gasteiger partial charge in [-0.1, -0.05) is 59.8 Å². The minimum atomic E-state index is -3.07. The molecule has 5 nitrogen and oxygen atoms in total. The van der Waals surface area contributed by atoms with Gasteiger partial charge in [-0.15, -0.1) is 0 Å². The van der Waals surface area contributed by atoms with E-state index in [-0.39, 0.29) is 35.1 Å². The maximum Gasteiger partial charge on any atom is 0.252 e. The van der Waals surface area contributed by atoms with E-state index in [1.54, 1.807) is 0 Å². The van der Waals surface area contributed by atoms with Crippen molar-refractivity contribution in [1.82, 2.24) is 0 Å². The number of amides is 1. The van der Waals surface area contributed by atoms with Crippen LogP contribution >= 0.6 is 11.8 Å². The Morgan fingerprint density at radius 1 is 1.11 bits per heavy atom. The molecule has 2 fully saturated rings. The molecule has 0 saturated carbocycles. The quantitative estimate of drug-likeness (QED) is 0.772. The van der Waals surface area contributed by atoms with Gasteiger partial charge in [0.25, 0.3) is 5.91 Å². The van der Waals surface area contributed by atoms with E-state index >= 15 is 0 Å². The predicted molar refractivity (Wildman–Crippen MR) is 115 cm³/mol. The van der Waals surface area contributed by atoms with Crippen molar-refractivity contribution >= 4 is 38.4 Å². The van der Waals surface area contributed by atoms with Crippen LogP contribution in [0.3, 0.4) is 0 Å². The fraction of sp³-hybridized carbons (Fsp3) is 0.333. The van der Waals surface area contributed by atoms with Crippen LogP contribution in [0, 0.1) is 13.8 Å². The van der Waals surface area contributed by atoms with E-state index in [9.17, 15) is 13.2 Å². The molecule has 2 heterocycles. The lowest BCUT2D eigenvalue weighted by Gasteiger charge is -2.26. The molecule has 2 aliphatic heterocycles. The van der Waals surface area contributed by atoms with Crippen molar-refractivity contribution in [3.05, 3.63) is 65.2 Å². The molecule has 2 atom stereocenters. The third-order valence-corrected chi connectivity index (χ3v) is 8.35. The number of carbonyl (C=O) groups excluding carboxylic acids is 1. The second kappa shape index (κ2) is 7.37. The maximum atomic E-state index is 12.6. The van der Waals surface area contributed by atoms with Gasteiger partial charge < -0.3 is 4.90 Å². The largest absolute Gasteiger partial charge is 0.315 e. The van der Waals surface area contributed by atoms with E-state index in [0.717, 1.165) is 22.4 Å². The Labute approximate surface area is 169 Å². The van der Waals surface area contributed by atoms with E-state index in [4.69, 9.17) is 0 Å². The standard InChI is InChI=1S/C21H22N2O3S2/c1-14-7-9-16(10-8-14)11-20(24)22-21-23(17-6-4-3-5-15(17)2)18-12-28(25,26)13-19(18)27-21/h3-10,18-19H,11-13H2,1-2H3/t18-,19+/m0/s1. The molecule has 1 amide bonds. The molecular weight excluding hydrogens is 392 g/mol. The second-order valence-electron chi connectivity index (χ2n) is 7.41. The number of amidine groups is 1. The number of rotatable bonds is 3. The van der Waals surface area contributed by atoms with E-state index in [2.05, 4.69) is 4.99 Å². The molecule has 7 heteroatoms. The van der Waals surface area contributed by atoms with Gasteiger partial charge in [-0.25, -0.2) is 8.42 Å². The molecule has 2 saturated heterocycles. The van der Waals surface area contributed by atoms with Crippen molar-refractivity contribution in [1.29, 1.82) is 0 Å². The van der Waals surface area contributed by atoms with Crippen LogP contribution < -0.4 is 4.90 Å². The molecule has 0 N–H and O–H groups in total. The lowest BCUT2D eigenvalue weighted by Crippen LogP contribution is -2.38. The Morgan fingerprint density at radius 2 is 1.82 bits per heavy atom. The Morgan fingerprint density at radius 3 is 2.54 bits per heavy atom. The van der Waals surface area contributed by atoms with Crippen LogP contribution in [-0.2, 0) is 21.1 Å². The SMILES string of the molecule is Cc1ccc(CC(=O)N=C2S[C@@H]3CS(=O)(=O)C[C@@H]3N2c2ccccc2C)cc1. The van der Waals surface area contributed by atoms with Gasteiger partial charge in [-0.2, -0.15) is 4.99 Å². The Kier molecular flexibility index (Phi) is 5.05. The van der Waals surface area contributed by atoms with Gasteiger partial charge in [0, 0.05) is 10.9 Å². The molecular formula is C21H22N2O3S2. The number of para-hydroxylation sites is 1. The molecule has 0 aromatic heterocycles. The third-order valence-electron chi connectivity index (χ3n) is 5.14. The highest BCUT2D eigenvalue weighted by molar-refractivity contribution is 8.16. The molecule has 0 unspecified atom stereocenters. The fourth-order valence-electron chi connectivity index (χ4n) is 3.71. The van der Waals surface area contributed by atoms with Crippen molar-refractivity contribution < 1.29 is 13.2 Å². The first-order valence-corrected chi connectivity index (χ1v) is 11.9. The fourth-order valence-corrected chi connectivity index (χ4v) is 7.63. The number of aliphatic imine (C=N–C) groups is 1.